The number of rotatable bonds is 7. The third kappa shape index (κ3) is 4.99. The molecule has 0 radical (unpaired) electrons. The molecule has 0 aliphatic carbocycles. The van der Waals surface area contributed by atoms with Crippen LogP contribution in [0.4, 0.5) is 5.69 Å². The molecule has 1 amide bonds. The molecular formula is C17H17BrN2O4. The Hall–Kier alpha value is -2.54. The topological polar surface area (TPSA) is 69.2 Å². The fraction of sp³-hybridized carbons (Fsp3) is 0.176. The maximum absolute atomic E-state index is 11.7. The average Bonchev–Trinajstić information content (AvgIpc) is 2.59. The number of hydrogen-bond acceptors (Lipinski definition) is 5. The SMILES string of the molecule is COc1cc(/C=N/OCC(=O)Nc2ccccc2)cc(Br)c1OC. The second kappa shape index (κ2) is 8.93. The molecule has 126 valence electrons. The summed E-state index contributed by atoms with van der Waals surface area (Å²) in [5, 5.41) is 6.49. The van der Waals surface area contributed by atoms with Crippen molar-refractivity contribution in [3.05, 3.63) is 52.5 Å². The molecule has 1 N–H and O–H groups in total. The minimum atomic E-state index is -0.285. The lowest BCUT2D eigenvalue weighted by molar-refractivity contribution is -0.120. The molecule has 0 spiro atoms. The first kappa shape index (κ1) is 17.8. The Labute approximate surface area is 148 Å². The maximum atomic E-state index is 11.7. The number of carbonyl (C=O) groups is 1. The van der Waals surface area contributed by atoms with Gasteiger partial charge in [0.1, 0.15) is 0 Å². The van der Waals surface area contributed by atoms with Crippen LogP contribution in [0.15, 0.2) is 52.1 Å². The van der Waals surface area contributed by atoms with Crippen LogP contribution in [-0.2, 0) is 9.63 Å². The van der Waals surface area contributed by atoms with Crippen LogP contribution in [0.25, 0.3) is 0 Å². The molecule has 0 aromatic heterocycles. The van der Waals surface area contributed by atoms with E-state index in [1.807, 2.05) is 18.2 Å². The highest BCUT2D eigenvalue weighted by atomic mass is 79.9. The van der Waals surface area contributed by atoms with Gasteiger partial charge in [-0.05, 0) is 40.2 Å². The molecule has 2 rings (SSSR count). The van der Waals surface area contributed by atoms with E-state index in [1.54, 1.807) is 38.5 Å². The zero-order valence-electron chi connectivity index (χ0n) is 13.3. The van der Waals surface area contributed by atoms with Crippen molar-refractivity contribution in [2.45, 2.75) is 0 Å². The summed E-state index contributed by atoms with van der Waals surface area (Å²) in [5.74, 6) is 0.875. The molecule has 0 heterocycles. The summed E-state index contributed by atoms with van der Waals surface area (Å²) in [6, 6.07) is 12.7. The van der Waals surface area contributed by atoms with E-state index in [0.29, 0.717) is 17.2 Å². The molecule has 7 heteroatoms. The van der Waals surface area contributed by atoms with Gasteiger partial charge in [-0.3, -0.25) is 4.79 Å². The molecular weight excluding hydrogens is 376 g/mol. The molecule has 0 aliphatic heterocycles. The number of nitrogens with one attached hydrogen (secondary N) is 1. The van der Waals surface area contributed by atoms with E-state index in [1.165, 1.54) is 6.21 Å². The molecule has 0 unspecified atom stereocenters. The summed E-state index contributed by atoms with van der Waals surface area (Å²) in [7, 11) is 3.11. The number of nitrogens with zero attached hydrogens (tertiary/aromatic N) is 1. The van der Waals surface area contributed by atoms with Gasteiger partial charge < -0.3 is 19.6 Å². The number of amides is 1. The molecule has 0 fully saturated rings. The molecule has 24 heavy (non-hydrogen) atoms. The van der Waals surface area contributed by atoms with E-state index in [-0.39, 0.29) is 12.5 Å². The van der Waals surface area contributed by atoms with Gasteiger partial charge in [-0.2, -0.15) is 0 Å². The number of benzene rings is 2. The van der Waals surface area contributed by atoms with Crippen LogP contribution in [0.5, 0.6) is 11.5 Å². The van der Waals surface area contributed by atoms with E-state index in [2.05, 4.69) is 26.4 Å². The van der Waals surface area contributed by atoms with Gasteiger partial charge in [0.15, 0.2) is 18.1 Å². The zero-order chi connectivity index (χ0) is 17.4. The average molecular weight is 393 g/mol. The van der Waals surface area contributed by atoms with Gasteiger partial charge in [-0.25, -0.2) is 0 Å². The minimum absolute atomic E-state index is 0.181. The Bertz CT molecular complexity index is 720. The van der Waals surface area contributed by atoms with Crippen molar-refractivity contribution in [1.29, 1.82) is 0 Å². The summed E-state index contributed by atoms with van der Waals surface area (Å²) in [5.41, 5.74) is 1.45. The normalized spacial score (nSPS) is 10.5. The van der Waals surface area contributed by atoms with Gasteiger partial charge in [0.25, 0.3) is 5.91 Å². The van der Waals surface area contributed by atoms with Gasteiger partial charge in [-0.15, -0.1) is 0 Å². The minimum Gasteiger partial charge on any atom is -0.493 e. The van der Waals surface area contributed by atoms with E-state index in [9.17, 15) is 4.79 Å². The first-order chi connectivity index (χ1) is 11.6. The fourth-order valence-corrected chi connectivity index (χ4v) is 2.55. The largest absolute Gasteiger partial charge is 0.493 e. The van der Waals surface area contributed by atoms with Crippen LogP contribution in [-0.4, -0.2) is 32.9 Å². The summed E-state index contributed by atoms with van der Waals surface area (Å²) < 4.78 is 11.2. The highest BCUT2D eigenvalue weighted by Gasteiger charge is 2.09. The first-order valence-electron chi connectivity index (χ1n) is 7.05. The molecule has 6 nitrogen and oxygen atoms in total. The van der Waals surface area contributed by atoms with Crippen molar-refractivity contribution in [2.75, 3.05) is 26.1 Å². The number of oxime groups is 1. The second-order valence-corrected chi connectivity index (χ2v) is 5.51. The zero-order valence-corrected chi connectivity index (χ0v) is 14.9. The number of methoxy groups -OCH3 is 2. The highest BCUT2D eigenvalue weighted by molar-refractivity contribution is 9.10. The Kier molecular flexibility index (Phi) is 6.62. The van der Waals surface area contributed by atoms with Gasteiger partial charge >= 0.3 is 0 Å². The lowest BCUT2D eigenvalue weighted by Crippen LogP contribution is -2.16. The summed E-state index contributed by atoms with van der Waals surface area (Å²) >= 11 is 3.40. The van der Waals surface area contributed by atoms with Crippen LogP contribution in [0.1, 0.15) is 5.56 Å². The van der Waals surface area contributed by atoms with Crippen molar-refractivity contribution >= 4 is 33.7 Å². The van der Waals surface area contributed by atoms with Crippen LogP contribution < -0.4 is 14.8 Å². The van der Waals surface area contributed by atoms with Gasteiger partial charge in [0.05, 0.1) is 24.9 Å². The number of anilines is 1. The monoisotopic (exact) mass is 392 g/mol. The summed E-state index contributed by atoms with van der Waals surface area (Å²) in [4.78, 5) is 16.7. The van der Waals surface area contributed by atoms with Crippen LogP contribution in [0.3, 0.4) is 0 Å². The number of para-hydroxylation sites is 1. The Morgan fingerprint density at radius 1 is 1.21 bits per heavy atom. The second-order valence-electron chi connectivity index (χ2n) is 4.66. The number of halogens is 1. The lowest BCUT2D eigenvalue weighted by atomic mass is 10.2. The molecule has 0 atom stereocenters. The summed E-state index contributed by atoms with van der Waals surface area (Å²) in [6.07, 6.45) is 1.49. The summed E-state index contributed by atoms with van der Waals surface area (Å²) in [6.45, 7) is -0.181. The number of ether oxygens (including phenoxy) is 2. The highest BCUT2D eigenvalue weighted by Crippen LogP contribution is 2.35. The van der Waals surface area contributed by atoms with E-state index < -0.39 is 0 Å². The molecule has 2 aromatic rings. The number of hydrogen-bond donors (Lipinski definition) is 1. The molecule has 0 saturated heterocycles. The van der Waals surface area contributed by atoms with Crippen molar-refractivity contribution in [1.82, 2.24) is 0 Å². The molecule has 0 saturated carbocycles. The standard InChI is InChI=1S/C17H17BrN2O4/c1-22-15-9-12(8-14(18)17(15)23-2)10-19-24-11-16(21)20-13-6-4-3-5-7-13/h3-10H,11H2,1-2H3,(H,20,21)/b19-10+. The van der Waals surface area contributed by atoms with E-state index >= 15 is 0 Å². The van der Waals surface area contributed by atoms with E-state index in [4.69, 9.17) is 14.3 Å². The fourth-order valence-electron chi connectivity index (χ4n) is 1.92. The Morgan fingerprint density at radius 3 is 2.62 bits per heavy atom. The van der Waals surface area contributed by atoms with Crippen molar-refractivity contribution in [2.24, 2.45) is 5.16 Å². The Balaban J connectivity index is 1.90. The quantitative estimate of drug-likeness (QED) is 0.578. The Morgan fingerprint density at radius 2 is 1.96 bits per heavy atom. The predicted octanol–water partition coefficient (Wildman–Crippen LogP) is 3.46. The maximum Gasteiger partial charge on any atom is 0.265 e. The predicted molar refractivity (Wildman–Crippen MR) is 95.9 cm³/mol. The van der Waals surface area contributed by atoms with Crippen molar-refractivity contribution in [3.8, 4) is 11.5 Å². The van der Waals surface area contributed by atoms with Gasteiger partial charge in [-0.1, -0.05) is 23.4 Å². The van der Waals surface area contributed by atoms with Crippen molar-refractivity contribution in [3.63, 3.8) is 0 Å². The molecule has 2 aromatic carbocycles. The third-order valence-electron chi connectivity index (χ3n) is 2.99. The lowest BCUT2D eigenvalue weighted by Gasteiger charge is -2.10. The molecule has 0 aliphatic rings. The van der Waals surface area contributed by atoms with Crippen LogP contribution in [0, 0.1) is 0 Å². The van der Waals surface area contributed by atoms with Crippen LogP contribution >= 0.6 is 15.9 Å². The van der Waals surface area contributed by atoms with E-state index in [0.717, 1.165) is 10.0 Å². The van der Waals surface area contributed by atoms with Gasteiger partial charge in [0, 0.05) is 11.3 Å². The first-order valence-corrected chi connectivity index (χ1v) is 7.85. The van der Waals surface area contributed by atoms with Crippen LogP contribution in [0.2, 0.25) is 0 Å². The third-order valence-corrected chi connectivity index (χ3v) is 3.57. The number of carbonyl (C=O) groups excluding carboxylic acids is 1. The smallest absolute Gasteiger partial charge is 0.265 e. The van der Waals surface area contributed by atoms with Gasteiger partial charge in [0.2, 0.25) is 0 Å². The molecule has 0 bridgehead atoms. The van der Waals surface area contributed by atoms with Crippen molar-refractivity contribution < 1.29 is 19.1 Å².